The van der Waals surface area contributed by atoms with Gasteiger partial charge >= 0.3 is 0 Å². The zero-order valence-electron chi connectivity index (χ0n) is 17.1. The van der Waals surface area contributed by atoms with E-state index in [4.69, 9.17) is 0 Å². The molecule has 156 valence electrons. The number of anilines is 1. The van der Waals surface area contributed by atoms with Gasteiger partial charge in [-0.3, -0.25) is 4.79 Å². The molecule has 1 amide bonds. The van der Waals surface area contributed by atoms with E-state index in [1.165, 1.54) is 11.8 Å². The van der Waals surface area contributed by atoms with E-state index in [9.17, 15) is 4.79 Å². The number of thioether (sulfide) groups is 1. The lowest BCUT2D eigenvalue weighted by Crippen LogP contribution is -2.14. The first kappa shape index (κ1) is 20.0. The van der Waals surface area contributed by atoms with E-state index < -0.39 is 0 Å². The molecule has 0 radical (unpaired) electrons. The van der Waals surface area contributed by atoms with Crippen LogP contribution in [0.15, 0.2) is 103 Å². The molecular weight excluding hydrogens is 418 g/mol. The number of hydrogen-bond donors (Lipinski definition) is 1. The highest BCUT2D eigenvalue weighted by Gasteiger charge is 2.08. The van der Waals surface area contributed by atoms with Crippen molar-refractivity contribution in [1.29, 1.82) is 0 Å². The number of fused-ring (bicyclic) bond motifs is 1. The molecule has 0 atom stereocenters. The molecule has 2 aromatic heterocycles. The van der Waals surface area contributed by atoms with Gasteiger partial charge in [-0.1, -0.05) is 60.3 Å². The molecule has 6 nitrogen and oxygen atoms in total. The van der Waals surface area contributed by atoms with E-state index >= 15 is 0 Å². The van der Waals surface area contributed by atoms with Crippen LogP contribution in [0.1, 0.15) is 0 Å². The molecule has 0 bridgehead atoms. The lowest BCUT2D eigenvalue weighted by atomic mass is 10.1. The molecule has 5 rings (SSSR count). The topological polar surface area (TPSA) is 72.7 Å². The molecule has 5 aromatic rings. The van der Waals surface area contributed by atoms with Gasteiger partial charge in [0.1, 0.15) is 5.03 Å². The zero-order valence-corrected chi connectivity index (χ0v) is 17.9. The standard InChI is InChI=1S/C25H19N5OS/c31-24(27-23-7-3-5-18-4-1-2-6-21(18)23)16-32-25-13-12-22(28-29-25)19-8-10-20(11-9-19)30-15-14-26-17-30/h1-15,17H,16H2,(H,27,31). The van der Waals surface area contributed by atoms with Crippen molar-refractivity contribution in [3.05, 3.63) is 97.6 Å². The Hall–Kier alpha value is -3.97. The predicted octanol–water partition coefficient (Wildman–Crippen LogP) is 5.21. The minimum atomic E-state index is -0.0766. The SMILES string of the molecule is O=C(CSc1ccc(-c2ccc(-n3ccnc3)cc2)nn1)Nc1cccc2ccccc12. The van der Waals surface area contributed by atoms with Crippen molar-refractivity contribution in [2.24, 2.45) is 0 Å². The number of amides is 1. The Morgan fingerprint density at radius 3 is 2.53 bits per heavy atom. The summed E-state index contributed by atoms with van der Waals surface area (Å²) in [6, 6.07) is 25.7. The van der Waals surface area contributed by atoms with Crippen molar-refractivity contribution in [2.75, 3.05) is 11.1 Å². The fraction of sp³-hybridized carbons (Fsp3) is 0.0400. The number of imidazole rings is 1. The van der Waals surface area contributed by atoms with Gasteiger partial charge in [0.05, 0.1) is 17.8 Å². The summed E-state index contributed by atoms with van der Waals surface area (Å²) in [5.41, 5.74) is 3.61. The normalized spacial score (nSPS) is 10.9. The van der Waals surface area contributed by atoms with Gasteiger partial charge in [0.2, 0.25) is 5.91 Å². The Morgan fingerprint density at radius 1 is 0.906 bits per heavy atom. The molecule has 0 fully saturated rings. The number of nitrogens with one attached hydrogen (secondary N) is 1. The first-order valence-electron chi connectivity index (χ1n) is 10.1. The summed E-state index contributed by atoms with van der Waals surface area (Å²) in [5.74, 6) is 0.184. The average molecular weight is 438 g/mol. The lowest BCUT2D eigenvalue weighted by molar-refractivity contribution is -0.113. The van der Waals surface area contributed by atoms with Crippen LogP contribution in [0.25, 0.3) is 27.7 Å². The van der Waals surface area contributed by atoms with Crippen LogP contribution in [-0.2, 0) is 4.79 Å². The summed E-state index contributed by atoms with van der Waals surface area (Å²) in [6.07, 6.45) is 5.41. The van der Waals surface area contributed by atoms with Gasteiger partial charge in [-0.2, -0.15) is 0 Å². The van der Waals surface area contributed by atoms with Crippen LogP contribution in [0.5, 0.6) is 0 Å². The minimum absolute atomic E-state index is 0.0766. The van der Waals surface area contributed by atoms with Gasteiger partial charge in [0.25, 0.3) is 0 Å². The number of aromatic nitrogens is 4. The minimum Gasteiger partial charge on any atom is -0.325 e. The number of nitrogens with zero attached hydrogens (tertiary/aromatic N) is 4. The second kappa shape index (κ2) is 9.03. The van der Waals surface area contributed by atoms with Gasteiger partial charge in [-0.05, 0) is 35.7 Å². The van der Waals surface area contributed by atoms with E-state index in [0.717, 1.165) is 33.4 Å². The molecule has 0 unspecified atom stereocenters. The summed E-state index contributed by atoms with van der Waals surface area (Å²) < 4.78 is 1.94. The molecule has 0 spiro atoms. The van der Waals surface area contributed by atoms with E-state index in [1.54, 1.807) is 12.5 Å². The van der Waals surface area contributed by atoms with Crippen molar-refractivity contribution >= 4 is 34.1 Å². The number of benzene rings is 3. The Morgan fingerprint density at radius 2 is 1.75 bits per heavy atom. The summed E-state index contributed by atoms with van der Waals surface area (Å²) in [7, 11) is 0. The number of hydrogen-bond acceptors (Lipinski definition) is 5. The number of carbonyl (C=O) groups is 1. The molecule has 0 aliphatic carbocycles. The maximum Gasteiger partial charge on any atom is 0.234 e. The van der Waals surface area contributed by atoms with Gasteiger partial charge in [-0.15, -0.1) is 10.2 Å². The fourth-order valence-corrected chi connectivity index (χ4v) is 4.04. The Bertz CT molecular complexity index is 1340. The van der Waals surface area contributed by atoms with Crippen LogP contribution in [0, 0.1) is 0 Å². The monoisotopic (exact) mass is 437 g/mol. The van der Waals surface area contributed by atoms with Crippen LogP contribution >= 0.6 is 11.8 Å². The van der Waals surface area contributed by atoms with Crippen molar-refractivity contribution < 1.29 is 4.79 Å². The van der Waals surface area contributed by atoms with Crippen LogP contribution in [0.3, 0.4) is 0 Å². The highest BCUT2D eigenvalue weighted by atomic mass is 32.2. The average Bonchev–Trinajstić information content (AvgIpc) is 3.39. The van der Waals surface area contributed by atoms with Crippen LogP contribution in [0.4, 0.5) is 5.69 Å². The molecule has 0 saturated heterocycles. The summed E-state index contributed by atoms with van der Waals surface area (Å²) in [4.78, 5) is 16.5. The molecule has 7 heteroatoms. The molecule has 1 N–H and O–H groups in total. The molecular formula is C25H19N5OS. The first-order chi connectivity index (χ1) is 15.8. The number of rotatable bonds is 6. The van der Waals surface area contributed by atoms with Crippen molar-refractivity contribution in [2.45, 2.75) is 5.03 Å². The Balaban J connectivity index is 1.21. The second-order valence-electron chi connectivity index (χ2n) is 7.14. The van der Waals surface area contributed by atoms with Gasteiger partial charge < -0.3 is 9.88 Å². The third-order valence-electron chi connectivity index (χ3n) is 5.02. The summed E-state index contributed by atoms with van der Waals surface area (Å²) >= 11 is 1.36. The quantitative estimate of drug-likeness (QED) is 0.369. The van der Waals surface area contributed by atoms with Crippen molar-refractivity contribution in [3.8, 4) is 16.9 Å². The molecule has 2 heterocycles. The second-order valence-corrected chi connectivity index (χ2v) is 8.13. The molecule has 0 aliphatic heterocycles. The third kappa shape index (κ3) is 4.38. The highest BCUT2D eigenvalue weighted by Crippen LogP contribution is 2.24. The van der Waals surface area contributed by atoms with Crippen molar-refractivity contribution in [3.63, 3.8) is 0 Å². The molecule has 0 saturated carbocycles. The van der Waals surface area contributed by atoms with Crippen LogP contribution in [0.2, 0.25) is 0 Å². The maximum atomic E-state index is 12.5. The molecule has 0 aliphatic rings. The summed E-state index contributed by atoms with van der Waals surface area (Å²) in [5, 5.41) is 14.4. The Kier molecular flexibility index (Phi) is 5.63. The first-order valence-corrected chi connectivity index (χ1v) is 11.1. The predicted molar refractivity (Wildman–Crippen MR) is 128 cm³/mol. The zero-order chi connectivity index (χ0) is 21.8. The van der Waals surface area contributed by atoms with E-state index in [2.05, 4.69) is 20.5 Å². The lowest BCUT2D eigenvalue weighted by Gasteiger charge is -2.08. The largest absolute Gasteiger partial charge is 0.325 e. The van der Waals surface area contributed by atoms with Gasteiger partial charge in [-0.25, -0.2) is 4.98 Å². The fourth-order valence-electron chi connectivity index (χ4n) is 3.43. The maximum absolute atomic E-state index is 12.5. The van der Waals surface area contributed by atoms with E-state index in [1.807, 2.05) is 89.6 Å². The van der Waals surface area contributed by atoms with Crippen LogP contribution in [-0.4, -0.2) is 31.4 Å². The van der Waals surface area contributed by atoms with Crippen LogP contribution < -0.4 is 5.32 Å². The van der Waals surface area contributed by atoms with E-state index in [-0.39, 0.29) is 11.7 Å². The Labute approximate surface area is 189 Å². The van der Waals surface area contributed by atoms with E-state index in [0.29, 0.717) is 5.03 Å². The third-order valence-corrected chi connectivity index (χ3v) is 5.94. The number of carbonyl (C=O) groups excluding carboxylic acids is 1. The van der Waals surface area contributed by atoms with Gasteiger partial charge in [0.15, 0.2) is 0 Å². The summed E-state index contributed by atoms with van der Waals surface area (Å²) in [6.45, 7) is 0. The highest BCUT2D eigenvalue weighted by molar-refractivity contribution is 7.99. The molecule has 3 aromatic carbocycles. The smallest absolute Gasteiger partial charge is 0.234 e. The van der Waals surface area contributed by atoms with Crippen molar-refractivity contribution in [1.82, 2.24) is 19.7 Å². The molecule has 32 heavy (non-hydrogen) atoms. The van der Waals surface area contributed by atoms with Gasteiger partial charge in [0, 0.05) is 34.7 Å².